The minimum Gasteiger partial charge on any atom is -0.438 e. The van der Waals surface area contributed by atoms with Gasteiger partial charge in [-0.2, -0.15) is 0 Å². The second-order valence-corrected chi connectivity index (χ2v) is 6.06. The highest BCUT2D eigenvalue weighted by molar-refractivity contribution is 9.10. The van der Waals surface area contributed by atoms with Crippen LogP contribution in [0.2, 0.25) is 0 Å². The summed E-state index contributed by atoms with van der Waals surface area (Å²) in [7, 11) is 0. The van der Waals surface area contributed by atoms with E-state index in [1.54, 1.807) is 0 Å². The molecule has 96 valence electrons. The topological polar surface area (TPSA) is 38.1 Å². The zero-order valence-electron chi connectivity index (χ0n) is 10.7. The van der Waals surface area contributed by atoms with Gasteiger partial charge in [0.25, 0.3) is 0 Å². The Bertz CT molecular complexity index is 570. The molecule has 1 saturated heterocycles. The highest BCUT2D eigenvalue weighted by Crippen LogP contribution is 2.32. The van der Waals surface area contributed by atoms with Crippen LogP contribution >= 0.6 is 15.9 Å². The van der Waals surface area contributed by atoms with Gasteiger partial charge in [0.15, 0.2) is 5.58 Å². The average Bonchev–Trinajstić information content (AvgIpc) is 2.96. The van der Waals surface area contributed by atoms with Crippen LogP contribution in [0.3, 0.4) is 0 Å². The van der Waals surface area contributed by atoms with Gasteiger partial charge < -0.3 is 9.73 Å². The van der Waals surface area contributed by atoms with E-state index in [9.17, 15) is 0 Å². The van der Waals surface area contributed by atoms with Crippen molar-refractivity contribution in [1.29, 1.82) is 0 Å². The lowest BCUT2D eigenvalue weighted by Crippen LogP contribution is -2.12. The van der Waals surface area contributed by atoms with Crippen LogP contribution in [0.25, 0.3) is 11.1 Å². The summed E-state index contributed by atoms with van der Waals surface area (Å²) < 4.78 is 6.90. The summed E-state index contributed by atoms with van der Waals surface area (Å²) in [6.07, 6.45) is 2.31. The third-order valence-corrected chi connectivity index (χ3v) is 4.10. The summed E-state index contributed by atoms with van der Waals surface area (Å²) in [5, 5.41) is 3.42. The maximum atomic E-state index is 5.90. The van der Waals surface area contributed by atoms with Gasteiger partial charge in [0.05, 0.1) is 10.5 Å². The van der Waals surface area contributed by atoms with Crippen molar-refractivity contribution >= 4 is 27.0 Å². The molecule has 1 atom stereocenters. The van der Waals surface area contributed by atoms with Gasteiger partial charge in [-0.3, -0.25) is 0 Å². The maximum absolute atomic E-state index is 5.90. The number of hydrogen-bond acceptors (Lipinski definition) is 3. The maximum Gasteiger partial charge on any atom is 0.212 e. The van der Waals surface area contributed by atoms with Crippen molar-refractivity contribution in [2.45, 2.75) is 38.6 Å². The number of fused-ring (bicyclic) bond motifs is 1. The van der Waals surface area contributed by atoms with Crippen molar-refractivity contribution < 1.29 is 4.42 Å². The number of oxazole rings is 1. The molecule has 4 heteroatoms. The smallest absolute Gasteiger partial charge is 0.212 e. The molecule has 1 aromatic carbocycles. The van der Waals surface area contributed by atoms with Crippen molar-refractivity contribution in [3.05, 3.63) is 28.1 Å². The van der Waals surface area contributed by atoms with E-state index >= 15 is 0 Å². The van der Waals surface area contributed by atoms with E-state index in [2.05, 4.69) is 52.2 Å². The van der Waals surface area contributed by atoms with E-state index in [1.807, 2.05) is 0 Å². The molecule has 3 rings (SSSR count). The first-order valence-corrected chi connectivity index (χ1v) is 7.27. The summed E-state index contributed by atoms with van der Waals surface area (Å²) in [5.74, 6) is 1.32. The second kappa shape index (κ2) is 4.67. The van der Waals surface area contributed by atoms with Crippen molar-refractivity contribution in [3.8, 4) is 0 Å². The molecule has 2 aromatic rings. The molecule has 0 bridgehead atoms. The number of aromatic nitrogens is 1. The van der Waals surface area contributed by atoms with E-state index in [0.29, 0.717) is 5.92 Å². The summed E-state index contributed by atoms with van der Waals surface area (Å²) in [4.78, 5) is 4.64. The number of nitrogens with one attached hydrogen (secondary N) is 1. The molecule has 0 aliphatic carbocycles. The Morgan fingerprint density at radius 3 is 2.94 bits per heavy atom. The molecule has 0 amide bonds. The predicted molar refractivity (Wildman–Crippen MR) is 75.8 cm³/mol. The van der Waals surface area contributed by atoms with Crippen LogP contribution in [0.4, 0.5) is 0 Å². The number of halogens is 1. The first-order chi connectivity index (χ1) is 8.65. The molecule has 1 aliphatic heterocycles. The lowest BCUT2D eigenvalue weighted by molar-refractivity contribution is 0.451. The quantitative estimate of drug-likeness (QED) is 0.906. The van der Waals surface area contributed by atoms with E-state index in [1.165, 1.54) is 12.0 Å². The van der Waals surface area contributed by atoms with Gasteiger partial charge in [-0.25, -0.2) is 4.98 Å². The highest BCUT2D eigenvalue weighted by atomic mass is 79.9. The summed E-state index contributed by atoms with van der Waals surface area (Å²) in [6, 6.07) is 4.54. The van der Waals surface area contributed by atoms with Gasteiger partial charge in [0.1, 0.15) is 5.52 Å². The lowest BCUT2D eigenvalue weighted by atomic mass is 10.0. The zero-order valence-corrected chi connectivity index (χ0v) is 12.3. The monoisotopic (exact) mass is 308 g/mol. The van der Waals surface area contributed by atoms with E-state index in [0.717, 1.165) is 34.4 Å². The van der Waals surface area contributed by atoms with Crippen LogP contribution in [-0.4, -0.2) is 11.5 Å². The van der Waals surface area contributed by atoms with E-state index in [-0.39, 0.29) is 6.04 Å². The molecular weight excluding hydrogens is 292 g/mol. The van der Waals surface area contributed by atoms with Crippen molar-refractivity contribution in [1.82, 2.24) is 10.3 Å². The SMILES string of the molecule is CC(C)c1cc(Br)c2oc(C3CCCN3)nc2c1. The van der Waals surface area contributed by atoms with Crippen LogP contribution in [0, 0.1) is 0 Å². The van der Waals surface area contributed by atoms with Crippen LogP contribution in [-0.2, 0) is 0 Å². The fourth-order valence-corrected chi connectivity index (χ4v) is 2.96. The third kappa shape index (κ3) is 2.08. The molecule has 3 nitrogen and oxygen atoms in total. The average molecular weight is 309 g/mol. The molecule has 0 spiro atoms. The fourth-order valence-electron chi connectivity index (χ4n) is 2.41. The summed E-state index contributed by atoms with van der Waals surface area (Å²) >= 11 is 3.58. The molecule has 2 heterocycles. The Hall–Kier alpha value is -0.870. The van der Waals surface area contributed by atoms with Crippen LogP contribution in [0.5, 0.6) is 0 Å². The van der Waals surface area contributed by atoms with E-state index in [4.69, 9.17) is 4.42 Å². The summed E-state index contributed by atoms with van der Waals surface area (Å²) in [6.45, 7) is 5.43. The third-order valence-electron chi connectivity index (χ3n) is 3.51. The Kier molecular flexibility index (Phi) is 3.16. The molecule has 0 saturated carbocycles. The number of hydrogen-bond donors (Lipinski definition) is 1. The number of benzene rings is 1. The fraction of sp³-hybridized carbons (Fsp3) is 0.500. The molecule has 18 heavy (non-hydrogen) atoms. The molecule has 1 aliphatic rings. The molecule has 1 unspecified atom stereocenters. The molecule has 1 N–H and O–H groups in total. The van der Waals surface area contributed by atoms with Gasteiger partial charge in [0.2, 0.25) is 5.89 Å². The Labute approximate surface area is 115 Å². The van der Waals surface area contributed by atoms with Gasteiger partial charge in [-0.1, -0.05) is 13.8 Å². The largest absolute Gasteiger partial charge is 0.438 e. The number of rotatable bonds is 2. The minimum absolute atomic E-state index is 0.284. The summed E-state index contributed by atoms with van der Waals surface area (Å²) in [5.41, 5.74) is 3.11. The van der Waals surface area contributed by atoms with Gasteiger partial charge in [-0.05, 0) is 58.9 Å². The van der Waals surface area contributed by atoms with Crippen molar-refractivity contribution in [3.63, 3.8) is 0 Å². The Morgan fingerprint density at radius 2 is 2.28 bits per heavy atom. The highest BCUT2D eigenvalue weighted by Gasteiger charge is 2.22. The van der Waals surface area contributed by atoms with Crippen LogP contribution in [0.15, 0.2) is 21.0 Å². The first kappa shape index (κ1) is 12.2. The predicted octanol–water partition coefficient (Wildman–Crippen LogP) is 4.14. The van der Waals surface area contributed by atoms with Gasteiger partial charge in [0, 0.05) is 0 Å². The van der Waals surface area contributed by atoms with E-state index < -0.39 is 0 Å². The lowest BCUT2D eigenvalue weighted by Gasteiger charge is -2.04. The van der Waals surface area contributed by atoms with Gasteiger partial charge >= 0.3 is 0 Å². The second-order valence-electron chi connectivity index (χ2n) is 5.21. The number of nitrogens with zero attached hydrogens (tertiary/aromatic N) is 1. The first-order valence-electron chi connectivity index (χ1n) is 6.48. The molecule has 1 aromatic heterocycles. The normalized spacial score (nSPS) is 20.1. The molecular formula is C14H17BrN2O. The van der Waals surface area contributed by atoms with Gasteiger partial charge in [-0.15, -0.1) is 0 Å². The molecule has 1 fully saturated rings. The standard InChI is InChI=1S/C14H17BrN2O/c1-8(2)9-6-10(15)13-12(7-9)17-14(18-13)11-4-3-5-16-11/h6-8,11,16H,3-5H2,1-2H3. The Balaban J connectivity index is 2.07. The minimum atomic E-state index is 0.284. The zero-order chi connectivity index (χ0) is 12.7. The Morgan fingerprint density at radius 1 is 1.44 bits per heavy atom. The van der Waals surface area contributed by atoms with Crippen molar-refractivity contribution in [2.75, 3.05) is 6.54 Å². The molecule has 0 radical (unpaired) electrons. The van der Waals surface area contributed by atoms with Crippen molar-refractivity contribution in [2.24, 2.45) is 0 Å². The van der Waals surface area contributed by atoms with Crippen LogP contribution in [0.1, 0.15) is 50.1 Å². The van der Waals surface area contributed by atoms with Crippen LogP contribution < -0.4 is 5.32 Å².